The fourth-order valence-electron chi connectivity index (χ4n) is 2.80. The molecule has 9 heteroatoms. The number of carbonyl (C=O) groups is 1. The van der Waals surface area contributed by atoms with Crippen LogP contribution in [0.1, 0.15) is 25.5 Å². The Kier molecular flexibility index (Phi) is 6.61. The van der Waals surface area contributed by atoms with Crippen LogP contribution in [0.25, 0.3) is 11.4 Å². The average molecular weight is 412 g/mol. The molecule has 0 unspecified atom stereocenters. The molecule has 2 aromatic carbocycles. The van der Waals surface area contributed by atoms with Gasteiger partial charge in [-0.25, -0.2) is 0 Å². The van der Waals surface area contributed by atoms with Gasteiger partial charge in [0.25, 0.3) is 5.69 Å². The van der Waals surface area contributed by atoms with Crippen molar-refractivity contribution in [3.8, 4) is 11.4 Å². The van der Waals surface area contributed by atoms with Crippen LogP contribution in [0.5, 0.6) is 0 Å². The minimum Gasteiger partial charge on any atom is -0.457 e. The Morgan fingerprint density at radius 1 is 1.21 bits per heavy atom. The van der Waals surface area contributed by atoms with Gasteiger partial charge in [0.05, 0.1) is 10.7 Å². The maximum atomic E-state index is 12.3. The summed E-state index contributed by atoms with van der Waals surface area (Å²) in [5.41, 5.74) is 1.49. The van der Waals surface area contributed by atoms with Gasteiger partial charge in [0.15, 0.2) is 11.0 Å². The summed E-state index contributed by atoms with van der Waals surface area (Å²) in [6, 6.07) is 15.8. The molecule has 0 N–H and O–H groups in total. The zero-order valence-electron chi connectivity index (χ0n) is 16.0. The normalized spacial score (nSPS) is 11.8. The predicted octanol–water partition coefficient (Wildman–Crippen LogP) is 4.27. The average Bonchev–Trinajstić information content (AvgIpc) is 3.16. The standard InChI is InChI=1S/C20H20N4O4S/c1-3-23-19(15-8-5-4-6-9-15)21-22-20(23)29-13-18(25)28-14(2)16-10-7-11-17(12-16)24(26)27/h4-12,14H,3,13H2,1-2H3/t14-/m0/s1. The Bertz CT molecular complexity index is 1010. The summed E-state index contributed by atoms with van der Waals surface area (Å²) < 4.78 is 7.36. The first-order valence-electron chi connectivity index (χ1n) is 9.04. The first kappa shape index (κ1) is 20.5. The Morgan fingerprint density at radius 3 is 2.66 bits per heavy atom. The van der Waals surface area contributed by atoms with Gasteiger partial charge in [0, 0.05) is 24.2 Å². The lowest BCUT2D eigenvalue weighted by Crippen LogP contribution is -2.12. The smallest absolute Gasteiger partial charge is 0.316 e. The minimum atomic E-state index is -0.591. The van der Waals surface area contributed by atoms with Crippen LogP contribution in [0.3, 0.4) is 0 Å². The predicted molar refractivity (Wildman–Crippen MR) is 109 cm³/mol. The van der Waals surface area contributed by atoms with E-state index in [2.05, 4.69) is 10.2 Å². The summed E-state index contributed by atoms with van der Waals surface area (Å²) in [7, 11) is 0. The summed E-state index contributed by atoms with van der Waals surface area (Å²) in [6.07, 6.45) is -0.591. The van der Waals surface area contributed by atoms with Crippen molar-refractivity contribution in [3.63, 3.8) is 0 Å². The number of benzene rings is 2. The first-order chi connectivity index (χ1) is 14.0. The van der Waals surface area contributed by atoms with Gasteiger partial charge in [-0.05, 0) is 19.4 Å². The molecule has 0 saturated carbocycles. The molecule has 0 aliphatic heterocycles. The van der Waals surface area contributed by atoms with E-state index in [0.29, 0.717) is 17.3 Å². The van der Waals surface area contributed by atoms with E-state index in [-0.39, 0.29) is 11.4 Å². The van der Waals surface area contributed by atoms with Gasteiger partial charge in [0.2, 0.25) is 0 Å². The van der Waals surface area contributed by atoms with Gasteiger partial charge in [-0.15, -0.1) is 10.2 Å². The monoisotopic (exact) mass is 412 g/mol. The minimum absolute atomic E-state index is 0.0377. The maximum Gasteiger partial charge on any atom is 0.316 e. The molecule has 29 heavy (non-hydrogen) atoms. The summed E-state index contributed by atoms with van der Waals surface area (Å²) in [6.45, 7) is 4.34. The van der Waals surface area contributed by atoms with Gasteiger partial charge in [-0.1, -0.05) is 54.2 Å². The van der Waals surface area contributed by atoms with E-state index < -0.39 is 17.0 Å². The van der Waals surface area contributed by atoms with Crippen LogP contribution in [0, 0.1) is 10.1 Å². The Labute approximate surface area is 172 Å². The number of hydrogen-bond donors (Lipinski definition) is 0. The van der Waals surface area contributed by atoms with Crippen molar-refractivity contribution in [1.82, 2.24) is 14.8 Å². The van der Waals surface area contributed by atoms with E-state index >= 15 is 0 Å². The quantitative estimate of drug-likeness (QED) is 0.236. The SMILES string of the molecule is CCn1c(SCC(=O)O[C@@H](C)c2cccc([N+](=O)[O-])c2)nnc1-c1ccccc1. The van der Waals surface area contributed by atoms with Crippen molar-refractivity contribution in [2.75, 3.05) is 5.75 Å². The number of hydrogen-bond acceptors (Lipinski definition) is 7. The second kappa shape index (κ2) is 9.33. The van der Waals surface area contributed by atoms with E-state index in [1.54, 1.807) is 19.1 Å². The van der Waals surface area contributed by atoms with Crippen LogP contribution in [0.15, 0.2) is 59.8 Å². The third kappa shape index (κ3) is 5.00. The van der Waals surface area contributed by atoms with Crippen molar-refractivity contribution in [2.45, 2.75) is 31.7 Å². The van der Waals surface area contributed by atoms with Gasteiger partial charge in [-0.3, -0.25) is 14.9 Å². The van der Waals surface area contributed by atoms with Crippen LogP contribution >= 0.6 is 11.8 Å². The molecule has 150 valence electrons. The van der Waals surface area contributed by atoms with E-state index in [9.17, 15) is 14.9 Å². The number of rotatable bonds is 8. The van der Waals surface area contributed by atoms with E-state index in [1.807, 2.05) is 41.8 Å². The molecule has 1 heterocycles. The van der Waals surface area contributed by atoms with E-state index in [1.165, 1.54) is 23.9 Å². The fourth-order valence-corrected chi connectivity index (χ4v) is 3.58. The number of thioether (sulfide) groups is 1. The number of nitro groups is 1. The topological polar surface area (TPSA) is 100 Å². The van der Waals surface area contributed by atoms with Crippen molar-refractivity contribution in [2.24, 2.45) is 0 Å². The molecular formula is C20H20N4O4S. The molecule has 0 bridgehead atoms. The number of non-ortho nitro benzene ring substituents is 1. The van der Waals surface area contributed by atoms with Gasteiger partial charge in [-0.2, -0.15) is 0 Å². The van der Waals surface area contributed by atoms with E-state index in [4.69, 9.17) is 4.74 Å². The molecule has 0 aliphatic rings. The lowest BCUT2D eigenvalue weighted by molar-refractivity contribution is -0.385. The Hall–Kier alpha value is -3.20. The van der Waals surface area contributed by atoms with Crippen molar-refractivity contribution >= 4 is 23.4 Å². The van der Waals surface area contributed by atoms with Crippen LogP contribution in [0.2, 0.25) is 0 Å². The highest BCUT2D eigenvalue weighted by atomic mass is 32.2. The summed E-state index contributed by atoms with van der Waals surface area (Å²) >= 11 is 1.25. The number of nitro benzene ring substituents is 1. The second-order valence-corrected chi connectivity index (χ2v) is 7.13. The van der Waals surface area contributed by atoms with Gasteiger partial charge < -0.3 is 9.30 Å². The first-order valence-corrected chi connectivity index (χ1v) is 10.0. The maximum absolute atomic E-state index is 12.3. The highest BCUT2D eigenvalue weighted by Gasteiger charge is 2.18. The Morgan fingerprint density at radius 2 is 1.97 bits per heavy atom. The third-order valence-electron chi connectivity index (χ3n) is 4.24. The molecule has 1 aromatic heterocycles. The molecule has 0 amide bonds. The number of esters is 1. The van der Waals surface area contributed by atoms with Crippen LogP contribution in [-0.4, -0.2) is 31.4 Å². The summed E-state index contributed by atoms with van der Waals surface area (Å²) in [5.74, 6) is 0.376. The number of carbonyl (C=O) groups excluding carboxylic acids is 1. The molecule has 3 rings (SSSR count). The highest BCUT2D eigenvalue weighted by Crippen LogP contribution is 2.25. The van der Waals surface area contributed by atoms with Crippen molar-refractivity contribution < 1.29 is 14.5 Å². The number of nitrogens with zero attached hydrogens (tertiary/aromatic N) is 4. The van der Waals surface area contributed by atoms with Gasteiger partial charge in [0.1, 0.15) is 6.10 Å². The molecular weight excluding hydrogens is 392 g/mol. The zero-order chi connectivity index (χ0) is 20.8. The zero-order valence-corrected chi connectivity index (χ0v) is 16.8. The third-order valence-corrected chi connectivity index (χ3v) is 5.18. The largest absolute Gasteiger partial charge is 0.457 e. The lowest BCUT2D eigenvalue weighted by Gasteiger charge is -2.13. The van der Waals surface area contributed by atoms with Crippen LogP contribution in [-0.2, 0) is 16.1 Å². The van der Waals surface area contributed by atoms with Crippen molar-refractivity contribution in [1.29, 1.82) is 0 Å². The summed E-state index contributed by atoms with van der Waals surface area (Å²) in [5, 5.41) is 20.0. The Balaban J connectivity index is 1.63. The van der Waals surface area contributed by atoms with Crippen molar-refractivity contribution in [3.05, 3.63) is 70.3 Å². The number of ether oxygens (including phenoxy) is 1. The van der Waals surface area contributed by atoms with Crippen LogP contribution < -0.4 is 0 Å². The van der Waals surface area contributed by atoms with E-state index in [0.717, 1.165) is 11.4 Å². The molecule has 8 nitrogen and oxygen atoms in total. The summed E-state index contributed by atoms with van der Waals surface area (Å²) in [4.78, 5) is 22.7. The molecule has 3 aromatic rings. The molecule has 1 atom stereocenters. The highest BCUT2D eigenvalue weighted by molar-refractivity contribution is 7.99. The lowest BCUT2D eigenvalue weighted by atomic mass is 10.1. The number of aromatic nitrogens is 3. The molecule has 0 fully saturated rings. The fraction of sp³-hybridized carbons (Fsp3) is 0.250. The van der Waals surface area contributed by atoms with Gasteiger partial charge >= 0.3 is 5.97 Å². The van der Waals surface area contributed by atoms with Crippen LogP contribution in [0.4, 0.5) is 5.69 Å². The molecule has 0 radical (unpaired) electrons. The molecule has 0 spiro atoms. The second-order valence-electron chi connectivity index (χ2n) is 6.19. The molecule has 0 saturated heterocycles. The molecule has 0 aliphatic carbocycles.